The number of nitrogens with zero attached hydrogens (tertiary/aromatic N) is 2. The summed E-state index contributed by atoms with van der Waals surface area (Å²) in [4.78, 5) is 7.77. The Morgan fingerprint density at radius 1 is 1.15 bits per heavy atom. The third-order valence-electron chi connectivity index (χ3n) is 4.16. The topological polar surface area (TPSA) is 35.7 Å². The minimum atomic E-state index is -0.489. The van der Waals surface area contributed by atoms with Gasteiger partial charge in [-0.15, -0.1) is 4.98 Å². The Hall–Kier alpha value is -0.895. The van der Waals surface area contributed by atoms with E-state index in [1.54, 1.807) is 0 Å². The molecule has 1 fully saturated rings. The van der Waals surface area contributed by atoms with Gasteiger partial charge < -0.3 is 14.2 Å². The summed E-state index contributed by atoms with van der Waals surface area (Å²) in [6.45, 7) is 19.0. The molecule has 2 rings (SSSR count). The van der Waals surface area contributed by atoms with Gasteiger partial charge in [0.1, 0.15) is 5.69 Å². The summed E-state index contributed by atoms with van der Waals surface area (Å²) in [5.41, 5.74) is 1.63. The van der Waals surface area contributed by atoms with Crippen LogP contribution in [0, 0.1) is 20.4 Å². The molecule has 4 nitrogen and oxygen atoms in total. The van der Waals surface area contributed by atoms with E-state index in [1.165, 1.54) is 0 Å². The van der Waals surface area contributed by atoms with Crippen LogP contribution in [0.4, 0.5) is 5.82 Å². The fourth-order valence-electron chi connectivity index (χ4n) is 2.12. The number of pyridine rings is 1. The lowest BCUT2D eigenvalue weighted by Crippen LogP contribution is -2.41. The van der Waals surface area contributed by atoms with Gasteiger partial charge in [0.15, 0.2) is 0 Å². The molecule has 0 atom stereocenters. The summed E-state index contributed by atoms with van der Waals surface area (Å²) >= 11 is 3.55. The molecule has 0 bridgehead atoms. The van der Waals surface area contributed by atoms with Crippen molar-refractivity contribution >= 4 is 34.3 Å². The Kier molecular flexibility index (Phi) is 3.74. The minimum absolute atomic E-state index is 0.399. The normalized spacial score (nSPS) is 20.0. The average Bonchev–Trinajstić information content (AvgIpc) is 2.53. The van der Waals surface area contributed by atoms with Crippen LogP contribution < -0.4 is 5.46 Å². The van der Waals surface area contributed by atoms with Gasteiger partial charge in [-0.3, -0.25) is 0 Å². The maximum Gasteiger partial charge on any atom is 0.495 e. The minimum Gasteiger partial charge on any atom is -0.399 e. The van der Waals surface area contributed by atoms with Crippen LogP contribution in [0.3, 0.4) is 0 Å². The second kappa shape index (κ2) is 4.83. The Labute approximate surface area is 129 Å². The smallest absolute Gasteiger partial charge is 0.399 e. The van der Waals surface area contributed by atoms with Crippen molar-refractivity contribution in [2.75, 3.05) is 0 Å². The quantitative estimate of drug-likeness (QED) is 0.583. The average molecular weight is 337 g/mol. The van der Waals surface area contributed by atoms with E-state index in [0.29, 0.717) is 5.82 Å². The van der Waals surface area contributed by atoms with E-state index in [1.807, 2.05) is 41.5 Å². The molecule has 0 N–H and O–H groups in total. The molecule has 0 aliphatic carbocycles. The lowest BCUT2D eigenvalue weighted by molar-refractivity contribution is 0.00578. The highest BCUT2D eigenvalue weighted by Gasteiger charge is 2.52. The van der Waals surface area contributed by atoms with E-state index in [2.05, 4.69) is 25.8 Å². The van der Waals surface area contributed by atoms with E-state index < -0.39 is 18.3 Å². The lowest BCUT2D eigenvalue weighted by Gasteiger charge is -2.32. The van der Waals surface area contributed by atoms with Gasteiger partial charge in [0.25, 0.3) is 5.82 Å². The highest BCUT2D eigenvalue weighted by atomic mass is 79.9. The highest BCUT2D eigenvalue weighted by Crippen LogP contribution is 2.38. The summed E-state index contributed by atoms with van der Waals surface area (Å²) in [6.07, 6.45) is 0. The van der Waals surface area contributed by atoms with Crippen molar-refractivity contribution in [2.24, 2.45) is 0 Å². The summed E-state index contributed by atoms with van der Waals surface area (Å²) in [5.74, 6) is 0.399. The van der Waals surface area contributed by atoms with Gasteiger partial charge >= 0.3 is 7.12 Å². The molecule has 1 aromatic rings. The zero-order chi connectivity index (χ0) is 15.3. The van der Waals surface area contributed by atoms with Crippen molar-refractivity contribution in [3.63, 3.8) is 0 Å². The largest absolute Gasteiger partial charge is 0.495 e. The van der Waals surface area contributed by atoms with Crippen molar-refractivity contribution in [2.45, 2.75) is 52.7 Å². The molecule has 0 aromatic carbocycles. The molecule has 106 valence electrons. The molecule has 0 unspecified atom stereocenters. The molecule has 0 saturated carbocycles. The Bertz CT molecular complexity index is 592. The second-order valence-electron chi connectivity index (χ2n) is 6.07. The van der Waals surface area contributed by atoms with Crippen molar-refractivity contribution in [3.05, 3.63) is 27.1 Å². The van der Waals surface area contributed by atoms with Crippen LogP contribution in [-0.2, 0) is 9.31 Å². The van der Waals surface area contributed by atoms with E-state index >= 15 is 0 Å². The highest BCUT2D eigenvalue weighted by molar-refractivity contribution is 9.10. The van der Waals surface area contributed by atoms with Crippen LogP contribution in [0.5, 0.6) is 0 Å². The van der Waals surface area contributed by atoms with Crippen LogP contribution in [0.1, 0.15) is 39.0 Å². The zero-order valence-electron chi connectivity index (χ0n) is 12.7. The number of aryl methyl sites for hydroxylation is 1. The lowest BCUT2D eigenvalue weighted by atomic mass is 9.76. The molecule has 0 radical (unpaired) electrons. The maximum atomic E-state index is 7.24. The van der Waals surface area contributed by atoms with Gasteiger partial charge in [-0.2, -0.15) is 0 Å². The van der Waals surface area contributed by atoms with Gasteiger partial charge in [-0.1, -0.05) is 6.57 Å². The fourth-order valence-corrected chi connectivity index (χ4v) is 2.69. The molecule has 1 aliphatic heterocycles. The van der Waals surface area contributed by atoms with Crippen LogP contribution in [0.25, 0.3) is 4.85 Å². The molecule has 0 spiro atoms. The summed E-state index contributed by atoms with van der Waals surface area (Å²) in [7, 11) is -0.489. The molecule has 2 heterocycles. The van der Waals surface area contributed by atoms with Crippen LogP contribution in [0.15, 0.2) is 4.47 Å². The van der Waals surface area contributed by atoms with Crippen molar-refractivity contribution < 1.29 is 9.31 Å². The Morgan fingerprint density at radius 3 is 2.10 bits per heavy atom. The van der Waals surface area contributed by atoms with Crippen molar-refractivity contribution in [1.82, 2.24) is 4.98 Å². The third-order valence-corrected chi connectivity index (χ3v) is 5.16. The first-order chi connectivity index (χ1) is 9.10. The number of halogens is 1. The molecule has 1 aromatic heterocycles. The molecular weight excluding hydrogens is 319 g/mol. The van der Waals surface area contributed by atoms with E-state index in [0.717, 1.165) is 21.2 Å². The number of aromatic nitrogens is 1. The van der Waals surface area contributed by atoms with Gasteiger partial charge in [-0.25, -0.2) is 0 Å². The standard InChI is InChI=1S/C14H18BBrN2O2/c1-8-10(11(16)9(2)18-12(8)17-7)15-19-13(3,4)14(5,6)20-15/h1-6H3. The fraction of sp³-hybridized carbons (Fsp3) is 0.571. The molecule has 1 saturated heterocycles. The molecule has 6 heteroatoms. The predicted molar refractivity (Wildman–Crippen MR) is 83.4 cm³/mol. The molecular formula is C14H18BBrN2O2. The number of rotatable bonds is 1. The van der Waals surface area contributed by atoms with Gasteiger partial charge in [-0.05, 0) is 61.6 Å². The van der Waals surface area contributed by atoms with Gasteiger partial charge in [0.2, 0.25) is 0 Å². The number of hydrogen-bond donors (Lipinski definition) is 0. The molecule has 0 amide bonds. The Morgan fingerprint density at radius 2 is 1.65 bits per heavy atom. The predicted octanol–water partition coefficient (Wildman–Crippen LogP) is 3.31. The van der Waals surface area contributed by atoms with Crippen LogP contribution in [0.2, 0.25) is 0 Å². The monoisotopic (exact) mass is 336 g/mol. The summed E-state index contributed by atoms with van der Waals surface area (Å²) in [6, 6.07) is 0. The zero-order valence-corrected chi connectivity index (χ0v) is 14.3. The van der Waals surface area contributed by atoms with E-state index in [-0.39, 0.29) is 0 Å². The second-order valence-corrected chi connectivity index (χ2v) is 6.87. The Balaban J connectivity index is 2.56. The molecule has 20 heavy (non-hydrogen) atoms. The third kappa shape index (κ3) is 2.28. The van der Waals surface area contributed by atoms with Crippen molar-refractivity contribution in [1.29, 1.82) is 0 Å². The van der Waals surface area contributed by atoms with E-state index in [4.69, 9.17) is 15.9 Å². The SMILES string of the molecule is [C-]#[N+]c1nc(C)c(Br)c(B2OC(C)(C)C(C)(C)O2)c1C. The van der Waals surface area contributed by atoms with Gasteiger partial charge in [0.05, 0.1) is 15.7 Å². The van der Waals surface area contributed by atoms with Gasteiger partial charge in [0, 0.05) is 6.92 Å². The first-order valence-electron chi connectivity index (χ1n) is 6.50. The first kappa shape index (κ1) is 15.5. The summed E-state index contributed by atoms with van der Waals surface area (Å²) in [5, 5.41) is 0. The number of hydrogen-bond acceptors (Lipinski definition) is 3. The maximum absolute atomic E-state index is 7.24. The van der Waals surface area contributed by atoms with Crippen LogP contribution >= 0.6 is 15.9 Å². The molecule has 1 aliphatic rings. The van der Waals surface area contributed by atoms with Crippen LogP contribution in [-0.4, -0.2) is 23.3 Å². The first-order valence-corrected chi connectivity index (χ1v) is 7.29. The van der Waals surface area contributed by atoms with E-state index in [9.17, 15) is 0 Å². The summed E-state index contributed by atoms with van der Waals surface area (Å²) < 4.78 is 13.0. The van der Waals surface area contributed by atoms with Crippen molar-refractivity contribution in [3.8, 4) is 0 Å².